The predicted molar refractivity (Wildman–Crippen MR) is 92.8 cm³/mol. The number of carbonyl (C=O) groups excluding carboxylic acids is 1. The average Bonchev–Trinajstić information content (AvgIpc) is 2.93. The van der Waals surface area contributed by atoms with Crippen LogP contribution in [-0.4, -0.2) is 38.4 Å². The standard InChI is InChI=1S/C19H20N4O/c1-13-3-4-16(10-21-13)19(24)23-11-14(12-23)9-17-18-15(5-7-20-17)6-8-22(18)2/h3-8,10,14H,9,11-12H2,1-2H3. The van der Waals surface area contributed by atoms with Gasteiger partial charge in [-0.2, -0.15) is 0 Å². The van der Waals surface area contributed by atoms with E-state index in [9.17, 15) is 4.79 Å². The Balaban J connectivity index is 1.43. The molecule has 5 nitrogen and oxygen atoms in total. The number of aryl methyl sites for hydroxylation is 2. The van der Waals surface area contributed by atoms with Crippen LogP contribution in [0.15, 0.2) is 42.9 Å². The van der Waals surface area contributed by atoms with Crippen molar-refractivity contribution in [1.82, 2.24) is 19.4 Å². The second-order valence-corrected chi connectivity index (χ2v) is 6.59. The highest BCUT2D eigenvalue weighted by molar-refractivity contribution is 5.94. The SMILES string of the molecule is Cc1ccc(C(=O)N2CC(Cc3nccc4ccn(C)c34)C2)cn1. The number of fused-ring (bicyclic) bond motifs is 1. The zero-order valence-corrected chi connectivity index (χ0v) is 13.9. The molecule has 5 heteroatoms. The van der Waals surface area contributed by atoms with Gasteiger partial charge in [-0.25, -0.2) is 0 Å². The fraction of sp³-hybridized carbons (Fsp3) is 0.316. The number of pyridine rings is 2. The lowest BCUT2D eigenvalue weighted by atomic mass is 9.93. The molecule has 0 radical (unpaired) electrons. The van der Waals surface area contributed by atoms with E-state index >= 15 is 0 Å². The molecule has 1 saturated heterocycles. The Morgan fingerprint density at radius 3 is 2.79 bits per heavy atom. The van der Waals surface area contributed by atoms with Gasteiger partial charge in [-0.1, -0.05) is 0 Å². The number of hydrogen-bond donors (Lipinski definition) is 0. The highest BCUT2D eigenvalue weighted by atomic mass is 16.2. The Morgan fingerprint density at radius 1 is 1.21 bits per heavy atom. The summed E-state index contributed by atoms with van der Waals surface area (Å²) in [6.45, 7) is 3.50. The van der Waals surface area contributed by atoms with E-state index in [4.69, 9.17) is 0 Å². The van der Waals surface area contributed by atoms with Crippen LogP contribution in [0.4, 0.5) is 0 Å². The van der Waals surface area contributed by atoms with Gasteiger partial charge in [-0.05, 0) is 43.5 Å². The van der Waals surface area contributed by atoms with Gasteiger partial charge >= 0.3 is 0 Å². The monoisotopic (exact) mass is 320 g/mol. The molecule has 122 valence electrons. The smallest absolute Gasteiger partial charge is 0.255 e. The zero-order chi connectivity index (χ0) is 16.7. The summed E-state index contributed by atoms with van der Waals surface area (Å²) in [7, 11) is 2.05. The fourth-order valence-corrected chi connectivity index (χ4v) is 3.39. The molecule has 0 atom stereocenters. The first kappa shape index (κ1) is 14.9. The summed E-state index contributed by atoms with van der Waals surface area (Å²) in [6, 6.07) is 7.89. The molecule has 3 aromatic rings. The first-order valence-electron chi connectivity index (χ1n) is 8.22. The van der Waals surface area contributed by atoms with Gasteiger partial charge < -0.3 is 9.47 Å². The first-order valence-corrected chi connectivity index (χ1v) is 8.22. The van der Waals surface area contributed by atoms with Crippen molar-refractivity contribution >= 4 is 16.8 Å². The van der Waals surface area contributed by atoms with E-state index in [1.165, 1.54) is 10.9 Å². The van der Waals surface area contributed by atoms with E-state index in [2.05, 4.69) is 33.8 Å². The second kappa shape index (κ2) is 5.74. The van der Waals surface area contributed by atoms with Crippen LogP contribution >= 0.6 is 0 Å². The largest absolute Gasteiger partial charge is 0.349 e. The molecule has 0 saturated carbocycles. The lowest BCUT2D eigenvalue weighted by Gasteiger charge is -2.39. The van der Waals surface area contributed by atoms with Crippen molar-refractivity contribution in [3.63, 3.8) is 0 Å². The van der Waals surface area contributed by atoms with Crippen LogP contribution in [0.25, 0.3) is 10.9 Å². The van der Waals surface area contributed by atoms with Crippen LogP contribution in [0.3, 0.4) is 0 Å². The van der Waals surface area contributed by atoms with Crippen molar-refractivity contribution in [3.05, 3.63) is 59.8 Å². The topological polar surface area (TPSA) is 51.0 Å². The van der Waals surface area contributed by atoms with E-state index in [1.54, 1.807) is 6.20 Å². The van der Waals surface area contributed by atoms with E-state index < -0.39 is 0 Å². The van der Waals surface area contributed by atoms with Crippen molar-refractivity contribution in [2.24, 2.45) is 13.0 Å². The molecule has 0 bridgehead atoms. The third kappa shape index (κ3) is 2.56. The molecule has 24 heavy (non-hydrogen) atoms. The predicted octanol–water partition coefficient (Wildman–Crippen LogP) is 2.59. The highest BCUT2D eigenvalue weighted by Crippen LogP contribution is 2.25. The van der Waals surface area contributed by atoms with E-state index in [0.717, 1.165) is 30.9 Å². The van der Waals surface area contributed by atoms with Crippen LogP contribution in [0.5, 0.6) is 0 Å². The first-order chi connectivity index (χ1) is 11.6. The summed E-state index contributed by atoms with van der Waals surface area (Å²) >= 11 is 0. The summed E-state index contributed by atoms with van der Waals surface area (Å²) in [5.74, 6) is 0.546. The summed E-state index contributed by atoms with van der Waals surface area (Å²) < 4.78 is 2.12. The van der Waals surface area contributed by atoms with Crippen LogP contribution in [0, 0.1) is 12.8 Å². The summed E-state index contributed by atoms with van der Waals surface area (Å²) in [6.07, 6.45) is 6.51. The molecule has 0 N–H and O–H groups in total. The Bertz CT molecular complexity index is 891. The zero-order valence-electron chi connectivity index (χ0n) is 13.9. The molecule has 0 aromatic carbocycles. The van der Waals surface area contributed by atoms with Gasteiger partial charge in [0.05, 0.1) is 16.8 Å². The van der Waals surface area contributed by atoms with Crippen LogP contribution < -0.4 is 0 Å². The molecular formula is C19H20N4O. The number of amides is 1. The van der Waals surface area contributed by atoms with Gasteiger partial charge in [-0.3, -0.25) is 14.8 Å². The summed E-state index contributed by atoms with van der Waals surface area (Å²) in [5, 5.41) is 1.22. The molecule has 0 spiro atoms. The van der Waals surface area contributed by atoms with Crippen molar-refractivity contribution < 1.29 is 4.79 Å². The third-order valence-electron chi connectivity index (χ3n) is 4.75. The molecule has 1 amide bonds. The minimum absolute atomic E-state index is 0.0729. The van der Waals surface area contributed by atoms with Crippen molar-refractivity contribution in [2.75, 3.05) is 13.1 Å². The van der Waals surface area contributed by atoms with Crippen LogP contribution in [0.1, 0.15) is 21.7 Å². The molecule has 0 unspecified atom stereocenters. The minimum atomic E-state index is 0.0729. The normalized spacial score (nSPS) is 14.8. The summed E-state index contributed by atoms with van der Waals surface area (Å²) in [4.78, 5) is 23.1. The lowest BCUT2D eigenvalue weighted by Crippen LogP contribution is -2.50. The maximum atomic E-state index is 12.4. The van der Waals surface area contributed by atoms with Crippen LogP contribution in [0.2, 0.25) is 0 Å². The maximum absolute atomic E-state index is 12.4. The van der Waals surface area contributed by atoms with Crippen molar-refractivity contribution in [2.45, 2.75) is 13.3 Å². The van der Waals surface area contributed by atoms with Crippen molar-refractivity contribution in [3.8, 4) is 0 Å². The minimum Gasteiger partial charge on any atom is -0.349 e. The molecule has 1 fully saturated rings. The van der Waals surface area contributed by atoms with Gasteiger partial charge in [0.25, 0.3) is 5.91 Å². The number of rotatable bonds is 3. The quantitative estimate of drug-likeness (QED) is 0.745. The Kier molecular flexibility index (Phi) is 3.56. The molecule has 1 aliphatic heterocycles. The molecular weight excluding hydrogens is 300 g/mol. The van der Waals surface area contributed by atoms with Gasteiger partial charge in [0.15, 0.2) is 0 Å². The van der Waals surface area contributed by atoms with E-state index in [-0.39, 0.29) is 5.91 Å². The van der Waals surface area contributed by atoms with Gasteiger partial charge in [-0.15, -0.1) is 0 Å². The number of carbonyl (C=O) groups is 1. The van der Waals surface area contributed by atoms with Crippen LogP contribution in [-0.2, 0) is 13.5 Å². The van der Waals surface area contributed by atoms with Crippen molar-refractivity contribution in [1.29, 1.82) is 0 Å². The number of likely N-dealkylation sites (tertiary alicyclic amines) is 1. The van der Waals surface area contributed by atoms with E-state index in [1.807, 2.05) is 36.2 Å². The Hall–Kier alpha value is -2.69. The Labute approximate surface area is 140 Å². The molecule has 0 aliphatic carbocycles. The highest BCUT2D eigenvalue weighted by Gasteiger charge is 2.32. The number of nitrogens with zero attached hydrogens (tertiary/aromatic N) is 4. The fourth-order valence-electron chi connectivity index (χ4n) is 3.39. The second-order valence-electron chi connectivity index (χ2n) is 6.59. The number of aromatic nitrogens is 3. The van der Waals surface area contributed by atoms with Gasteiger partial charge in [0.1, 0.15) is 0 Å². The lowest BCUT2D eigenvalue weighted by molar-refractivity contribution is 0.0499. The average molecular weight is 320 g/mol. The van der Waals surface area contributed by atoms with Gasteiger partial charge in [0.2, 0.25) is 0 Å². The maximum Gasteiger partial charge on any atom is 0.255 e. The third-order valence-corrected chi connectivity index (χ3v) is 4.75. The molecule has 1 aliphatic rings. The molecule has 4 rings (SSSR count). The Morgan fingerprint density at radius 2 is 2.04 bits per heavy atom. The number of hydrogen-bond acceptors (Lipinski definition) is 3. The van der Waals surface area contributed by atoms with E-state index in [0.29, 0.717) is 11.5 Å². The molecule has 3 aromatic heterocycles. The van der Waals surface area contributed by atoms with Gasteiger partial charge in [0, 0.05) is 49.8 Å². The molecule has 4 heterocycles. The summed E-state index contributed by atoms with van der Waals surface area (Å²) in [5.41, 5.74) is 3.91.